The smallest absolute Gasteiger partial charge is 0.164 e. The monoisotopic (exact) mass is 726 g/mol. The van der Waals surface area contributed by atoms with E-state index in [1.54, 1.807) is 0 Å². The van der Waals surface area contributed by atoms with Gasteiger partial charge in [0, 0.05) is 27.5 Å². The topological polar surface area (TPSA) is 75.6 Å². The third kappa shape index (κ3) is 6.46. The molecule has 2 heterocycles. The standard InChI is InChI=1S/C52H30N4O/c53-33-34-14-16-37(17-15-34)40-22-28-43(29-23-40)51-54-50(42-26-20-39(21-27-42)36-10-5-2-6-11-36)55-52(56-51)44-30-31-46-48(32-44)57-47-13-7-12-45(49(46)47)41-24-18-38(19-25-41)35-8-3-1-4-9-35/h1,3-5,7-32H. The van der Waals surface area contributed by atoms with E-state index in [-0.39, 0.29) is 0 Å². The lowest BCUT2D eigenvalue weighted by Gasteiger charge is -2.10. The largest absolute Gasteiger partial charge is 0.456 e. The predicted molar refractivity (Wildman–Crippen MR) is 228 cm³/mol. The van der Waals surface area contributed by atoms with Crippen LogP contribution in [0.4, 0.5) is 0 Å². The van der Waals surface area contributed by atoms with Crippen LogP contribution in [0.3, 0.4) is 0 Å². The van der Waals surface area contributed by atoms with Crippen LogP contribution in [-0.4, -0.2) is 15.0 Å². The zero-order valence-electron chi connectivity index (χ0n) is 30.5. The molecule has 0 bridgehead atoms. The third-order valence-corrected chi connectivity index (χ3v) is 10.3. The van der Waals surface area contributed by atoms with Crippen molar-refractivity contribution in [3.8, 4) is 84.7 Å². The number of hydrogen-bond donors (Lipinski definition) is 0. The molecule has 0 aliphatic rings. The van der Waals surface area contributed by atoms with Gasteiger partial charge in [-0.15, -0.1) is 0 Å². The Kier molecular flexibility index (Phi) is 8.37. The van der Waals surface area contributed by atoms with Crippen LogP contribution in [0.5, 0.6) is 0 Å². The molecule has 5 heteroatoms. The van der Waals surface area contributed by atoms with Crippen molar-refractivity contribution in [2.75, 3.05) is 0 Å². The fourth-order valence-electron chi connectivity index (χ4n) is 7.33. The lowest BCUT2D eigenvalue weighted by molar-refractivity contribution is 0.669. The number of nitriles is 1. The molecule has 0 saturated heterocycles. The Morgan fingerprint density at radius 3 is 1.54 bits per heavy atom. The zero-order valence-corrected chi connectivity index (χ0v) is 30.5. The summed E-state index contributed by atoms with van der Waals surface area (Å²) in [7, 11) is 0. The molecule has 0 N–H and O–H groups in total. The van der Waals surface area contributed by atoms with Crippen LogP contribution in [0.15, 0.2) is 186 Å². The van der Waals surface area contributed by atoms with Crippen molar-refractivity contribution in [2.24, 2.45) is 0 Å². The van der Waals surface area contributed by atoms with Gasteiger partial charge in [0.15, 0.2) is 17.5 Å². The predicted octanol–water partition coefficient (Wildman–Crippen LogP) is 12.9. The first-order valence-electron chi connectivity index (χ1n) is 18.6. The number of furan rings is 1. The molecule has 2 aromatic heterocycles. The van der Waals surface area contributed by atoms with Gasteiger partial charge in [0.2, 0.25) is 0 Å². The molecule has 0 radical (unpaired) electrons. The van der Waals surface area contributed by atoms with E-state index < -0.39 is 0 Å². The second-order valence-corrected chi connectivity index (χ2v) is 13.8. The Balaban J connectivity index is 1.05. The average molecular weight is 727 g/mol. The molecular formula is C52H30N4O. The van der Waals surface area contributed by atoms with Crippen LogP contribution < -0.4 is 0 Å². The maximum absolute atomic E-state index is 9.24. The summed E-state index contributed by atoms with van der Waals surface area (Å²) in [5, 5.41) is 11.3. The van der Waals surface area contributed by atoms with Crippen molar-refractivity contribution in [3.05, 3.63) is 200 Å². The normalized spacial score (nSPS) is 11.0. The maximum atomic E-state index is 9.24. The Bertz CT molecular complexity index is 3070. The van der Waals surface area contributed by atoms with Gasteiger partial charge in [-0.1, -0.05) is 146 Å². The number of fused-ring (bicyclic) bond motifs is 3. The van der Waals surface area contributed by atoms with E-state index in [2.05, 4.69) is 109 Å². The Labute approximate surface area is 329 Å². The lowest BCUT2D eigenvalue weighted by atomic mass is 9.96. The highest BCUT2D eigenvalue weighted by Gasteiger charge is 2.17. The molecule has 10 rings (SSSR count). The fourth-order valence-corrected chi connectivity index (χ4v) is 7.33. The van der Waals surface area contributed by atoms with E-state index in [4.69, 9.17) is 19.4 Å². The van der Waals surface area contributed by atoms with Crippen molar-refractivity contribution in [2.45, 2.75) is 0 Å². The Morgan fingerprint density at radius 1 is 0.421 bits per heavy atom. The molecule has 264 valence electrons. The highest BCUT2D eigenvalue weighted by Crippen LogP contribution is 2.39. The summed E-state index contributed by atoms with van der Waals surface area (Å²) in [5.41, 5.74) is 13.6. The van der Waals surface area contributed by atoms with Crippen LogP contribution in [-0.2, 0) is 0 Å². The molecule has 0 aliphatic carbocycles. The van der Waals surface area contributed by atoms with Crippen molar-refractivity contribution in [3.63, 3.8) is 0 Å². The molecule has 0 amide bonds. The van der Waals surface area contributed by atoms with Crippen molar-refractivity contribution in [1.82, 2.24) is 15.0 Å². The summed E-state index contributed by atoms with van der Waals surface area (Å²) in [6.07, 6.45) is 0. The van der Waals surface area contributed by atoms with Gasteiger partial charge in [0.25, 0.3) is 0 Å². The van der Waals surface area contributed by atoms with Gasteiger partial charge in [-0.2, -0.15) is 5.26 Å². The van der Waals surface area contributed by atoms with Gasteiger partial charge in [0.1, 0.15) is 11.2 Å². The number of benzene rings is 7. The molecule has 0 unspecified atom stereocenters. The number of nitrogens with zero attached hydrogens (tertiary/aromatic N) is 4. The maximum Gasteiger partial charge on any atom is 0.164 e. The number of rotatable bonds is 7. The van der Waals surface area contributed by atoms with Crippen molar-refractivity contribution in [1.29, 1.82) is 5.26 Å². The second kappa shape index (κ2) is 14.3. The first-order chi connectivity index (χ1) is 28.2. The van der Waals surface area contributed by atoms with E-state index in [1.807, 2.05) is 91.0 Å². The molecule has 5 nitrogen and oxygen atoms in total. The van der Waals surface area contributed by atoms with Crippen LogP contribution in [0.2, 0.25) is 0 Å². The van der Waals surface area contributed by atoms with E-state index in [9.17, 15) is 5.26 Å². The van der Waals surface area contributed by atoms with E-state index >= 15 is 0 Å². The van der Waals surface area contributed by atoms with Gasteiger partial charge >= 0.3 is 0 Å². The van der Waals surface area contributed by atoms with Crippen molar-refractivity contribution >= 4 is 21.9 Å². The highest BCUT2D eigenvalue weighted by molar-refractivity contribution is 6.13. The molecule has 57 heavy (non-hydrogen) atoms. The quantitative estimate of drug-likeness (QED) is 0.163. The minimum Gasteiger partial charge on any atom is -0.456 e. The molecule has 0 fully saturated rings. The average Bonchev–Trinajstić information content (AvgIpc) is 3.68. The first-order valence-corrected chi connectivity index (χ1v) is 18.6. The fraction of sp³-hybridized carbons (Fsp3) is 0. The summed E-state index contributed by atoms with van der Waals surface area (Å²) < 4.78 is 6.53. The SMILES string of the molecule is N#Cc1ccc(-c2ccc(-c3nc(-c4ccc(-c5cc#ccc5)cc4)nc(-c4ccc5c(c4)oc4cccc(-c6ccc(-c7ccccc7)cc6)c45)n3)cc2)cc1. The van der Waals surface area contributed by atoms with Gasteiger partial charge < -0.3 is 4.42 Å². The van der Waals surface area contributed by atoms with Gasteiger partial charge in [0.05, 0.1) is 11.6 Å². The van der Waals surface area contributed by atoms with E-state index in [0.29, 0.717) is 23.0 Å². The number of hydrogen-bond acceptors (Lipinski definition) is 5. The minimum absolute atomic E-state index is 0.544. The summed E-state index contributed by atoms with van der Waals surface area (Å²) in [6.45, 7) is 0. The summed E-state index contributed by atoms with van der Waals surface area (Å²) in [6, 6.07) is 69.5. The van der Waals surface area contributed by atoms with Gasteiger partial charge in [-0.05, 0) is 93.0 Å². The summed E-state index contributed by atoms with van der Waals surface area (Å²) in [5.74, 6) is 1.67. The molecule has 0 atom stereocenters. The van der Waals surface area contributed by atoms with Crippen molar-refractivity contribution < 1.29 is 4.42 Å². The van der Waals surface area contributed by atoms with Gasteiger partial charge in [-0.3, -0.25) is 0 Å². The van der Waals surface area contributed by atoms with Crippen LogP contribution in [0.25, 0.3) is 101 Å². The molecule has 0 saturated carbocycles. The van der Waals surface area contributed by atoms with Crippen LogP contribution in [0.1, 0.15) is 5.56 Å². The lowest BCUT2D eigenvalue weighted by Crippen LogP contribution is -2.00. The number of aromatic nitrogens is 3. The third-order valence-electron chi connectivity index (χ3n) is 10.3. The molecular weight excluding hydrogens is 697 g/mol. The summed E-state index contributed by atoms with van der Waals surface area (Å²) in [4.78, 5) is 15.1. The van der Waals surface area contributed by atoms with Gasteiger partial charge in [-0.25, -0.2) is 15.0 Å². The summed E-state index contributed by atoms with van der Waals surface area (Å²) >= 11 is 0. The molecule has 0 spiro atoms. The molecule has 8 aromatic carbocycles. The Morgan fingerprint density at radius 2 is 0.947 bits per heavy atom. The molecule has 10 aromatic rings. The second-order valence-electron chi connectivity index (χ2n) is 13.8. The van der Waals surface area contributed by atoms with E-state index in [0.717, 1.165) is 72.0 Å². The zero-order chi connectivity index (χ0) is 38.1. The Hall–Kier alpha value is -8.12. The highest BCUT2D eigenvalue weighted by atomic mass is 16.3. The van der Waals surface area contributed by atoms with Crippen LogP contribution in [0, 0.1) is 23.5 Å². The molecule has 0 aliphatic heterocycles. The van der Waals surface area contributed by atoms with E-state index in [1.165, 1.54) is 11.1 Å². The van der Waals surface area contributed by atoms with Crippen LogP contribution >= 0.6 is 0 Å². The minimum atomic E-state index is 0.544. The first kappa shape index (κ1) is 33.4.